The number of carboxylic acids is 1. The molecule has 3 N–H and O–H groups in total. The summed E-state index contributed by atoms with van der Waals surface area (Å²) in [5.41, 5.74) is 4.33. The topological polar surface area (TPSA) is 80.4 Å². The van der Waals surface area contributed by atoms with Gasteiger partial charge in [0.15, 0.2) is 5.78 Å². The van der Waals surface area contributed by atoms with Gasteiger partial charge in [-0.25, -0.2) is 4.79 Å². The van der Waals surface area contributed by atoms with Gasteiger partial charge in [0, 0.05) is 0 Å². The lowest BCUT2D eigenvalue weighted by atomic mass is 10.0. The molecule has 0 unspecified atom stereocenters. The van der Waals surface area contributed by atoms with Crippen LogP contribution in [0.25, 0.3) is 0 Å². The smallest absolute Gasteiger partial charge is 0.338 e. The number of ketones is 1. The van der Waals surface area contributed by atoms with E-state index in [1.165, 1.54) is 0 Å². The largest absolute Gasteiger partial charge is 0.478 e. The Morgan fingerprint density at radius 1 is 0.941 bits per heavy atom. The zero-order valence-electron chi connectivity index (χ0n) is 8.06. The van der Waals surface area contributed by atoms with Gasteiger partial charge in [-0.05, 0) is 0 Å². The predicted molar refractivity (Wildman–Crippen MR) is 66.8 cm³/mol. The van der Waals surface area contributed by atoms with Gasteiger partial charge >= 0.3 is 5.97 Å². The van der Waals surface area contributed by atoms with Gasteiger partial charge in [0.05, 0.1) is 37.8 Å². The second kappa shape index (κ2) is 5.42. The first-order valence-corrected chi connectivity index (χ1v) is 5.66. The highest BCUT2D eigenvalue weighted by molar-refractivity contribution is 6.54. The molecule has 0 heterocycles. The summed E-state index contributed by atoms with van der Waals surface area (Å²) in [6.45, 7) is -0.422. The van der Waals surface area contributed by atoms with Crippen LogP contribution in [0.15, 0.2) is 0 Å². The molecule has 92 valence electrons. The molecule has 4 nitrogen and oxygen atoms in total. The highest BCUT2D eigenvalue weighted by Gasteiger charge is 2.27. The minimum absolute atomic E-state index is 0.180. The zero-order valence-corrected chi connectivity index (χ0v) is 11.1. The first kappa shape index (κ1) is 14.5. The first-order chi connectivity index (χ1) is 7.82. The van der Waals surface area contributed by atoms with E-state index < -0.39 is 23.9 Å². The number of carbonyl (C=O) groups is 2. The van der Waals surface area contributed by atoms with Gasteiger partial charge in [-0.3, -0.25) is 4.79 Å². The molecule has 0 saturated heterocycles. The molecule has 1 aromatic carbocycles. The monoisotopic (exact) mass is 315 g/mol. The predicted octanol–water partition coefficient (Wildman–Crippen LogP) is 3.14. The van der Waals surface area contributed by atoms with Gasteiger partial charge in [0.25, 0.3) is 0 Å². The lowest BCUT2D eigenvalue weighted by molar-refractivity contribution is 0.0692. The van der Waals surface area contributed by atoms with E-state index in [-0.39, 0.29) is 25.7 Å². The highest BCUT2D eigenvalue weighted by atomic mass is 35.5. The maximum Gasteiger partial charge on any atom is 0.338 e. The Balaban J connectivity index is 3.78. The zero-order chi connectivity index (χ0) is 13.3. The van der Waals surface area contributed by atoms with Gasteiger partial charge in [-0.2, -0.15) is 0 Å². The minimum atomic E-state index is -1.44. The fourth-order valence-electron chi connectivity index (χ4n) is 1.20. The Labute approximate surface area is 116 Å². The van der Waals surface area contributed by atoms with Crippen molar-refractivity contribution >= 4 is 58.2 Å². The molecule has 0 radical (unpaired) electrons. The molecule has 0 spiro atoms. The van der Waals surface area contributed by atoms with Crippen molar-refractivity contribution in [1.29, 1.82) is 0 Å². The lowest BCUT2D eigenvalue weighted by Gasteiger charge is -2.12. The third-order valence-electron chi connectivity index (χ3n) is 1.95. The summed E-state index contributed by atoms with van der Waals surface area (Å²) < 4.78 is 0. The molecular weight excluding hydrogens is 312 g/mol. The van der Waals surface area contributed by atoms with Crippen molar-refractivity contribution in [3.05, 3.63) is 31.2 Å². The molecule has 1 aromatic rings. The summed E-state index contributed by atoms with van der Waals surface area (Å²) >= 11 is 22.9. The van der Waals surface area contributed by atoms with Crippen LogP contribution >= 0.6 is 46.4 Å². The van der Waals surface area contributed by atoms with Crippen LogP contribution < -0.4 is 5.73 Å². The summed E-state index contributed by atoms with van der Waals surface area (Å²) in [6, 6.07) is 0. The highest BCUT2D eigenvalue weighted by Crippen LogP contribution is 2.41. The number of hydrogen-bond donors (Lipinski definition) is 2. The molecule has 1 rings (SSSR count). The Hall–Kier alpha value is -0.520. The molecule has 0 saturated carbocycles. The van der Waals surface area contributed by atoms with Crippen molar-refractivity contribution in [2.24, 2.45) is 5.73 Å². The fraction of sp³-hybridized carbons (Fsp3) is 0.111. The summed E-state index contributed by atoms with van der Waals surface area (Å²) in [6.07, 6.45) is 0. The Morgan fingerprint density at radius 3 is 1.71 bits per heavy atom. The van der Waals surface area contributed by atoms with Crippen molar-refractivity contribution < 1.29 is 14.7 Å². The van der Waals surface area contributed by atoms with E-state index >= 15 is 0 Å². The number of carboxylic acid groups (broad SMARTS) is 1. The fourth-order valence-corrected chi connectivity index (χ4v) is 2.24. The van der Waals surface area contributed by atoms with Gasteiger partial charge in [-0.1, -0.05) is 46.4 Å². The molecular formula is C9H5Cl4NO3. The first-order valence-electron chi connectivity index (χ1n) is 4.15. The van der Waals surface area contributed by atoms with E-state index in [0.29, 0.717) is 0 Å². The van der Waals surface area contributed by atoms with Gasteiger partial charge in [0.1, 0.15) is 0 Å². The molecule has 17 heavy (non-hydrogen) atoms. The van der Waals surface area contributed by atoms with E-state index in [9.17, 15) is 9.59 Å². The Kier molecular flexibility index (Phi) is 4.63. The lowest BCUT2D eigenvalue weighted by Crippen LogP contribution is -2.18. The van der Waals surface area contributed by atoms with Crippen molar-refractivity contribution in [3.8, 4) is 0 Å². The number of aromatic carboxylic acids is 1. The summed E-state index contributed by atoms with van der Waals surface area (Å²) in [7, 11) is 0. The second-order valence-electron chi connectivity index (χ2n) is 2.94. The van der Waals surface area contributed by atoms with Crippen molar-refractivity contribution in [3.63, 3.8) is 0 Å². The molecule has 0 aliphatic carbocycles. The van der Waals surface area contributed by atoms with Crippen LogP contribution in [0.3, 0.4) is 0 Å². The van der Waals surface area contributed by atoms with Crippen LogP contribution in [0.4, 0.5) is 0 Å². The molecule has 0 fully saturated rings. The quantitative estimate of drug-likeness (QED) is 0.510. The third kappa shape index (κ3) is 2.51. The molecule has 0 aliphatic rings. The van der Waals surface area contributed by atoms with Crippen molar-refractivity contribution in [2.45, 2.75) is 0 Å². The number of halogens is 4. The number of Topliss-reactive ketones (excluding diaryl/α,β-unsaturated/α-hetero) is 1. The van der Waals surface area contributed by atoms with Crippen molar-refractivity contribution in [2.75, 3.05) is 6.54 Å². The summed E-state index contributed by atoms with van der Waals surface area (Å²) in [4.78, 5) is 22.6. The van der Waals surface area contributed by atoms with E-state index in [1.807, 2.05) is 0 Å². The van der Waals surface area contributed by atoms with Crippen LogP contribution in [0.5, 0.6) is 0 Å². The molecule has 0 aromatic heterocycles. The van der Waals surface area contributed by atoms with E-state index in [2.05, 4.69) is 0 Å². The van der Waals surface area contributed by atoms with Gasteiger partial charge in [0.2, 0.25) is 0 Å². The van der Waals surface area contributed by atoms with Gasteiger partial charge < -0.3 is 10.8 Å². The average Bonchev–Trinajstić information content (AvgIpc) is 2.29. The number of carbonyl (C=O) groups excluding carboxylic acids is 1. The molecule has 0 bridgehead atoms. The minimum Gasteiger partial charge on any atom is -0.478 e. The van der Waals surface area contributed by atoms with Crippen LogP contribution in [-0.4, -0.2) is 23.4 Å². The van der Waals surface area contributed by atoms with E-state index in [0.717, 1.165) is 0 Å². The third-order valence-corrected chi connectivity index (χ3v) is 3.75. The van der Waals surface area contributed by atoms with Crippen LogP contribution in [-0.2, 0) is 0 Å². The Bertz CT molecular complexity index is 516. The van der Waals surface area contributed by atoms with Crippen LogP contribution in [0.2, 0.25) is 20.1 Å². The van der Waals surface area contributed by atoms with Crippen LogP contribution in [0.1, 0.15) is 20.7 Å². The average molecular weight is 317 g/mol. The van der Waals surface area contributed by atoms with E-state index in [1.54, 1.807) is 0 Å². The number of nitrogens with two attached hydrogens (primary N) is 1. The standard InChI is InChI=1S/C9H5Cl4NO3/c10-5-3(2(15)1-14)4(9(16)17)6(11)8(13)7(5)12/h1,14H2,(H,16,17). The molecule has 0 atom stereocenters. The van der Waals surface area contributed by atoms with Crippen LogP contribution in [0, 0.1) is 0 Å². The Morgan fingerprint density at radius 2 is 1.35 bits per heavy atom. The van der Waals surface area contributed by atoms with Gasteiger partial charge in [-0.15, -0.1) is 0 Å². The number of hydrogen-bond acceptors (Lipinski definition) is 3. The molecule has 8 heteroatoms. The molecule has 0 amide bonds. The molecule has 0 aliphatic heterocycles. The summed E-state index contributed by atoms with van der Waals surface area (Å²) in [5.74, 6) is -2.12. The summed E-state index contributed by atoms with van der Waals surface area (Å²) in [5, 5.41) is 7.98. The van der Waals surface area contributed by atoms with Crippen molar-refractivity contribution in [1.82, 2.24) is 0 Å². The normalized spacial score (nSPS) is 10.4. The second-order valence-corrected chi connectivity index (χ2v) is 4.45. The number of benzene rings is 1. The van der Waals surface area contributed by atoms with E-state index in [4.69, 9.17) is 57.2 Å². The SMILES string of the molecule is NCC(=O)c1c(Cl)c(Cl)c(Cl)c(Cl)c1C(=O)O. The number of rotatable bonds is 3. The maximum atomic E-state index is 11.5. The maximum absolute atomic E-state index is 11.5.